The van der Waals surface area contributed by atoms with E-state index in [9.17, 15) is 4.79 Å². The number of esters is 1. The molecule has 3 rings (SSSR count). The SMILES string of the molecule is CCCCCc1ccc(-c2ccc(C(CC)OC(=O)c3ccc(CCCC)cc3)cc2)cc1. The Morgan fingerprint density at radius 2 is 1.18 bits per heavy atom. The van der Waals surface area contributed by atoms with Gasteiger partial charge in [-0.05, 0) is 72.1 Å². The van der Waals surface area contributed by atoms with E-state index in [2.05, 4.69) is 69.3 Å². The van der Waals surface area contributed by atoms with Crippen molar-refractivity contribution in [3.63, 3.8) is 0 Å². The normalized spacial score (nSPS) is 11.8. The van der Waals surface area contributed by atoms with Gasteiger partial charge in [-0.3, -0.25) is 0 Å². The zero-order valence-corrected chi connectivity index (χ0v) is 20.5. The highest BCUT2D eigenvalue weighted by Gasteiger charge is 2.16. The van der Waals surface area contributed by atoms with Crippen LogP contribution in [0.3, 0.4) is 0 Å². The van der Waals surface area contributed by atoms with Crippen molar-refractivity contribution < 1.29 is 9.53 Å². The molecule has 0 aliphatic heterocycles. The van der Waals surface area contributed by atoms with E-state index in [4.69, 9.17) is 4.74 Å². The summed E-state index contributed by atoms with van der Waals surface area (Å²) in [7, 11) is 0. The standard InChI is InChI=1S/C31H38O2/c1-4-7-9-11-25-12-16-26(17-13-25)27-20-22-28(23-21-27)30(6-3)33-31(32)29-18-14-24(15-19-29)10-8-5-2/h12-23,30H,4-11H2,1-3H3. The summed E-state index contributed by atoms with van der Waals surface area (Å²) in [4.78, 5) is 12.7. The fourth-order valence-corrected chi connectivity index (χ4v) is 4.11. The lowest BCUT2D eigenvalue weighted by molar-refractivity contribution is 0.0288. The van der Waals surface area contributed by atoms with Gasteiger partial charge in [0.2, 0.25) is 0 Å². The first-order valence-electron chi connectivity index (χ1n) is 12.6. The molecule has 0 heterocycles. The lowest BCUT2D eigenvalue weighted by Gasteiger charge is -2.17. The third-order valence-corrected chi connectivity index (χ3v) is 6.27. The van der Waals surface area contributed by atoms with Gasteiger partial charge in [0.1, 0.15) is 6.10 Å². The third kappa shape index (κ3) is 7.32. The van der Waals surface area contributed by atoms with Crippen LogP contribution < -0.4 is 0 Å². The Morgan fingerprint density at radius 1 is 0.667 bits per heavy atom. The molecule has 1 atom stereocenters. The number of benzene rings is 3. The summed E-state index contributed by atoms with van der Waals surface area (Å²) in [6.07, 6.45) is 8.84. The highest BCUT2D eigenvalue weighted by molar-refractivity contribution is 5.89. The number of ether oxygens (including phenoxy) is 1. The molecule has 1 unspecified atom stereocenters. The first-order chi connectivity index (χ1) is 16.1. The van der Waals surface area contributed by atoms with Crippen LogP contribution in [0.15, 0.2) is 72.8 Å². The van der Waals surface area contributed by atoms with Crippen LogP contribution in [0.1, 0.15) is 92.4 Å². The largest absolute Gasteiger partial charge is 0.454 e. The first-order valence-corrected chi connectivity index (χ1v) is 12.6. The summed E-state index contributed by atoms with van der Waals surface area (Å²) < 4.78 is 5.86. The molecule has 0 saturated heterocycles. The molecule has 0 saturated carbocycles. The first kappa shape index (κ1) is 24.8. The topological polar surface area (TPSA) is 26.3 Å². The second-order valence-corrected chi connectivity index (χ2v) is 8.88. The number of unbranched alkanes of at least 4 members (excludes halogenated alkanes) is 3. The van der Waals surface area contributed by atoms with Crippen LogP contribution in [0.4, 0.5) is 0 Å². The molecular formula is C31H38O2. The second-order valence-electron chi connectivity index (χ2n) is 8.88. The predicted octanol–water partition coefficient (Wildman–Crippen LogP) is 8.74. The average Bonchev–Trinajstić information content (AvgIpc) is 2.87. The molecule has 3 aromatic carbocycles. The van der Waals surface area contributed by atoms with Gasteiger partial charge in [-0.1, -0.05) is 101 Å². The Balaban J connectivity index is 1.61. The molecule has 2 nitrogen and oxygen atoms in total. The van der Waals surface area contributed by atoms with Gasteiger partial charge < -0.3 is 4.74 Å². The van der Waals surface area contributed by atoms with E-state index in [-0.39, 0.29) is 12.1 Å². The lowest BCUT2D eigenvalue weighted by atomic mass is 9.99. The summed E-state index contributed by atoms with van der Waals surface area (Å²) >= 11 is 0. The zero-order valence-electron chi connectivity index (χ0n) is 20.5. The van der Waals surface area contributed by atoms with Gasteiger partial charge in [0.05, 0.1) is 5.56 Å². The van der Waals surface area contributed by atoms with Gasteiger partial charge in [0, 0.05) is 0 Å². The maximum Gasteiger partial charge on any atom is 0.338 e. The van der Waals surface area contributed by atoms with Crippen molar-refractivity contribution in [1.29, 1.82) is 0 Å². The molecule has 0 bridgehead atoms. The summed E-state index contributed by atoms with van der Waals surface area (Å²) in [5.74, 6) is -0.258. The molecule has 0 aromatic heterocycles. The third-order valence-electron chi connectivity index (χ3n) is 6.27. The Morgan fingerprint density at radius 3 is 1.73 bits per heavy atom. The smallest absolute Gasteiger partial charge is 0.338 e. The number of rotatable bonds is 12. The molecule has 0 radical (unpaired) electrons. The van der Waals surface area contributed by atoms with Crippen molar-refractivity contribution in [2.24, 2.45) is 0 Å². The van der Waals surface area contributed by atoms with Gasteiger partial charge in [-0.25, -0.2) is 4.79 Å². The highest BCUT2D eigenvalue weighted by Crippen LogP contribution is 2.27. The van der Waals surface area contributed by atoms with E-state index in [0.717, 1.165) is 24.8 Å². The van der Waals surface area contributed by atoms with Crippen LogP contribution in [-0.2, 0) is 17.6 Å². The van der Waals surface area contributed by atoms with Gasteiger partial charge in [0.15, 0.2) is 0 Å². The number of hydrogen-bond acceptors (Lipinski definition) is 2. The molecule has 2 heteroatoms. The molecule has 0 aliphatic carbocycles. The van der Waals surface area contributed by atoms with Crippen LogP contribution in [0.5, 0.6) is 0 Å². The summed E-state index contributed by atoms with van der Waals surface area (Å²) in [6.45, 7) is 6.48. The van der Waals surface area contributed by atoms with Gasteiger partial charge in [-0.15, -0.1) is 0 Å². The molecule has 0 fully saturated rings. The number of hydrogen-bond donors (Lipinski definition) is 0. The Labute approximate surface area is 200 Å². The van der Waals surface area contributed by atoms with E-state index >= 15 is 0 Å². The number of carbonyl (C=O) groups is 1. The van der Waals surface area contributed by atoms with Crippen molar-refractivity contribution in [1.82, 2.24) is 0 Å². The Bertz CT molecular complexity index is 969. The average molecular weight is 443 g/mol. The fraction of sp³-hybridized carbons (Fsp3) is 0.387. The number of carbonyl (C=O) groups excluding carboxylic acids is 1. The quantitative estimate of drug-likeness (QED) is 0.207. The maximum absolute atomic E-state index is 12.7. The van der Waals surface area contributed by atoms with E-state index in [1.54, 1.807) is 0 Å². The molecule has 33 heavy (non-hydrogen) atoms. The predicted molar refractivity (Wildman–Crippen MR) is 139 cm³/mol. The maximum atomic E-state index is 12.7. The van der Waals surface area contributed by atoms with E-state index in [1.807, 2.05) is 24.3 Å². The number of aryl methyl sites for hydroxylation is 2. The Hall–Kier alpha value is -2.87. The molecule has 174 valence electrons. The minimum absolute atomic E-state index is 0.243. The highest BCUT2D eigenvalue weighted by atomic mass is 16.5. The molecule has 0 N–H and O–H groups in total. The minimum Gasteiger partial charge on any atom is -0.454 e. The van der Waals surface area contributed by atoms with Crippen LogP contribution in [0.25, 0.3) is 11.1 Å². The molecule has 0 aliphatic rings. The lowest BCUT2D eigenvalue weighted by Crippen LogP contribution is -2.11. The minimum atomic E-state index is -0.258. The molecular weight excluding hydrogens is 404 g/mol. The van der Waals surface area contributed by atoms with Gasteiger partial charge in [-0.2, -0.15) is 0 Å². The van der Waals surface area contributed by atoms with Gasteiger partial charge >= 0.3 is 5.97 Å². The van der Waals surface area contributed by atoms with Crippen LogP contribution in [-0.4, -0.2) is 5.97 Å². The molecule has 0 amide bonds. The summed E-state index contributed by atoms with van der Waals surface area (Å²) in [5.41, 5.74) is 6.72. The Kier molecular flexibility index (Phi) is 9.75. The van der Waals surface area contributed by atoms with Crippen molar-refractivity contribution in [3.8, 4) is 11.1 Å². The fourth-order valence-electron chi connectivity index (χ4n) is 4.11. The van der Waals surface area contributed by atoms with Crippen molar-refractivity contribution in [3.05, 3.63) is 95.1 Å². The molecule has 0 spiro atoms. The van der Waals surface area contributed by atoms with E-state index < -0.39 is 0 Å². The van der Waals surface area contributed by atoms with Gasteiger partial charge in [0.25, 0.3) is 0 Å². The van der Waals surface area contributed by atoms with Crippen molar-refractivity contribution in [2.45, 2.75) is 78.2 Å². The van der Waals surface area contributed by atoms with Crippen molar-refractivity contribution >= 4 is 5.97 Å². The van der Waals surface area contributed by atoms with Crippen LogP contribution in [0.2, 0.25) is 0 Å². The molecule has 3 aromatic rings. The van der Waals surface area contributed by atoms with Crippen molar-refractivity contribution in [2.75, 3.05) is 0 Å². The monoisotopic (exact) mass is 442 g/mol. The van der Waals surface area contributed by atoms with E-state index in [0.29, 0.717) is 5.56 Å². The summed E-state index contributed by atoms with van der Waals surface area (Å²) in [5, 5.41) is 0. The van der Waals surface area contributed by atoms with E-state index in [1.165, 1.54) is 54.4 Å². The second kappa shape index (κ2) is 13.0. The zero-order chi connectivity index (χ0) is 23.5. The summed E-state index contributed by atoms with van der Waals surface area (Å²) in [6, 6.07) is 25.2. The van der Waals surface area contributed by atoms with Crippen LogP contribution >= 0.6 is 0 Å². The van der Waals surface area contributed by atoms with Crippen LogP contribution in [0, 0.1) is 0 Å².